The van der Waals surface area contributed by atoms with Crippen LogP contribution in [0.25, 0.3) is 0 Å². The summed E-state index contributed by atoms with van der Waals surface area (Å²) in [4.78, 5) is 5.55. The van der Waals surface area contributed by atoms with Crippen LogP contribution in [0.2, 0.25) is 0 Å². The van der Waals surface area contributed by atoms with Gasteiger partial charge < -0.3 is 5.32 Å². The molecule has 0 bridgehead atoms. The van der Waals surface area contributed by atoms with Gasteiger partial charge in [-0.15, -0.1) is 11.3 Å². The average molecular weight is 264 g/mol. The Morgan fingerprint density at radius 1 is 1.33 bits per heavy atom. The first-order valence-corrected chi connectivity index (χ1v) is 6.82. The fourth-order valence-electron chi connectivity index (χ4n) is 2.03. The highest BCUT2D eigenvalue weighted by Crippen LogP contribution is 2.23. The van der Waals surface area contributed by atoms with Crippen LogP contribution < -0.4 is 5.32 Å². The molecule has 1 N–H and O–H groups in total. The van der Waals surface area contributed by atoms with E-state index >= 15 is 0 Å². The molecule has 96 valence electrons. The molecule has 0 amide bonds. The zero-order chi connectivity index (χ0) is 13.0. The fourth-order valence-corrected chi connectivity index (χ4v) is 2.91. The Bertz CT molecular complexity index is 493. The summed E-state index contributed by atoms with van der Waals surface area (Å²) in [6.07, 6.45) is 2.88. The van der Waals surface area contributed by atoms with Gasteiger partial charge in [-0.2, -0.15) is 0 Å². The normalized spacial score (nSPS) is 12.6. The summed E-state index contributed by atoms with van der Waals surface area (Å²) in [5.41, 5.74) is 1.16. The lowest BCUT2D eigenvalue weighted by Crippen LogP contribution is -2.18. The maximum atomic E-state index is 12.9. The molecule has 4 heteroatoms. The van der Waals surface area contributed by atoms with E-state index in [4.69, 9.17) is 0 Å². The minimum Gasteiger partial charge on any atom is -0.319 e. The molecule has 1 heterocycles. The van der Waals surface area contributed by atoms with Crippen LogP contribution in [-0.2, 0) is 6.42 Å². The van der Waals surface area contributed by atoms with Crippen molar-refractivity contribution in [1.82, 2.24) is 10.3 Å². The number of likely N-dealkylation sites (N-methyl/N-ethyl adjacent to an activating group) is 1. The van der Waals surface area contributed by atoms with Gasteiger partial charge in [0.05, 0.1) is 5.01 Å². The van der Waals surface area contributed by atoms with Gasteiger partial charge in [-0.1, -0.05) is 12.1 Å². The zero-order valence-corrected chi connectivity index (χ0v) is 11.4. The van der Waals surface area contributed by atoms with E-state index in [1.165, 1.54) is 17.0 Å². The molecule has 0 fully saturated rings. The second-order valence-electron chi connectivity index (χ2n) is 4.36. The molecular weight excluding hydrogens is 247 g/mol. The first-order valence-electron chi connectivity index (χ1n) is 6.00. The van der Waals surface area contributed by atoms with Crippen molar-refractivity contribution in [2.24, 2.45) is 0 Å². The molecule has 0 aliphatic rings. The van der Waals surface area contributed by atoms with E-state index < -0.39 is 0 Å². The number of rotatable bonds is 5. The van der Waals surface area contributed by atoms with Crippen LogP contribution in [0.15, 0.2) is 30.5 Å². The summed E-state index contributed by atoms with van der Waals surface area (Å²) >= 11 is 1.73. The van der Waals surface area contributed by atoms with Gasteiger partial charge in [-0.3, -0.25) is 0 Å². The van der Waals surface area contributed by atoms with Gasteiger partial charge in [0.15, 0.2) is 0 Å². The van der Waals surface area contributed by atoms with Gasteiger partial charge in [-0.05, 0) is 38.1 Å². The van der Waals surface area contributed by atoms with Crippen molar-refractivity contribution in [1.29, 1.82) is 0 Å². The highest BCUT2D eigenvalue weighted by Gasteiger charge is 2.13. The number of nitrogens with zero attached hydrogens (tertiary/aromatic N) is 1. The molecule has 18 heavy (non-hydrogen) atoms. The molecule has 0 spiro atoms. The van der Waals surface area contributed by atoms with Crippen LogP contribution in [0.5, 0.6) is 0 Å². The minimum atomic E-state index is -0.185. The largest absolute Gasteiger partial charge is 0.319 e. The predicted molar refractivity (Wildman–Crippen MR) is 73.6 cm³/mol. The number of hydrogen-bond acceptors (Lipinski definition) is 3. The van der Waals surface area contributed by atoms with E-state index in [0.717, 1.165) is 23.5 Å². The molecule has 2 aromatic rings. The molecule has 0 saturated carbocycles. The smallest absolute Gasteiger partial charge is 0.123 e. The maximum Gasteiger partial charge on any atom is 0.123 e. The van der Waals surface area contributed by atoms with Crippen LogP contribution in [0.4, 0.5) is 4.39 Å². The van der Waals surface area contributed by atoms with E-state index in [1.54, 1.807) is 11.3 Å². The third-order valence-corrected chi connectivity index (χ3v) is 3.84. The zero-order valence-electron chi connectivity index (χ0n) is 10.6. The monoisotopic (exact) mass is 264 g/mol. The Kier molecular flexibility index (Phi) is 4.44. The highest BCUT2D eigenvalue weighted by molar-refractivity contribution is 7.11. The maximum absolute atomic E-state index is 12.9. The second kappa shape index (κ2) is 6.07. The summed E-state index contributed by atoms with van der Waals surface area (Å²) in [7, 11) is 1.94. The lowest BCUT2D eigenvalue weighted by atomic mass is 9.95. The van der Waals surface area contributed by atoms with Gasteiger partial charge in [-0.25, -0.2) is 9.37 Å². The molecule has 2 nitrogen and oxygen atoms in total. The van der Waals surface area contributed by atoms with Crippen molar-refractivity contribution in [3.8, 4) is 0 Å². The van der Waals surface area contributed by atoms with E-state index in [0.29, 0.717) is 5.92 Å². The predicted octanol–water partition coefficient (Wildman–Crippen LogP) is 3.14. The number of benzene rings is 1. The van der Waals surface area contributed by atoms with Crippen LogP contribution >= 0.6 is 11.3 Å². The average Bonchev–Trinajstić information content (AvgIpc) is 2.75. The molecule has 1 unspecified atom stereocenters. The van der Waals surface area contributed by atoms with Crippen molar-refractivity contribution in [2.45, 2.75) is 19.3 Å². The first-order chi connectivity index (χ1) is 8.69. The van der Waals surface area contributed by atoms with Crippen LogP contribution in [0.1, 0.15) is 21.4 Å². The van der Waals surface area contributed by atoms with E-state index in [2.05, 4.69) is 10.3 Å². The Hall–Kier alpha value is -1.26. The summed E-state index contributed by atoms with van der Waals surface area (Å²) < 4.78 is 12.9. The summed E-state index contributed by atoms with van der Waals surface area (Å²) in [5.74, 6) is 0.172. The first kappa shape index (κ1) is 13.2. The Morgan fingerprint density at radius 3 is 2.61 bits per heavy atom. The van der Waals surface area contributed by atoms with Gasteiger partial charge in [0.2, 0.25) is 0 Å². The van der Waals surface area contributed by atoms with Crippen LogP contribution in [-0.4, -0.2) is 18.6 Å². The number of halogens is 1. The molecule has 2 rings (SSSR count). The summed E-state index contributed by atoms with van der Waals surface area (Å²) in [5, 5.41) is 4.29. The third-order valence-electron chi connectivity index (χ3n) is 2.91. The number of hydrogen-bond donors (Lipinski definition) is 1. The molecular formula is C14H17FN2S. The number of aromatic nitrogens is 1. The molecule has 0 radical (unpaired) electrons. The molecule has 1 aromatic carbocycles. The van der Waals surface area contributed by atoms with Crippen molar-refractivity contribution in [2.75, 3.05) is 13.6 Å². The van der Waals surface area contributed by atoms with Gasteiger partial charge in [0, 0.05) is 23.5 Å². The van der Waals surface area contributed by atoms with Gasteiger partial charge in [0.25, 0.3) is 0 Å². The van der Waals surface area contributed by atoms with Crippen molar-refractivity contribution >= 4 is 11.3 Å². The highest BCUT2D eigenvalue weighted by atomic mass is 32.1. The van der Waals surface area contributed by atoms with E-state index in [1.807, 2.05) is 32.3 Å². The number of thiazole rings is 1. The van der Waals surface area contributed by atoms with Crippen molar-refractivity contribution in [3.05, 3.63) is 51.7 Å². The van der Waals surface area contributed by atoms with Crippen LogP contribution in [0, 0.1) is 12.7 Å². The van der Waals surface area contributed by atoms with Crippen LogP contribution in [0.3, 0.4) is 0 Å². The molecule has 0 aliphatic carbocycles. The molecule has 1 aromatic heterocycles. The Morgan fingerprint density at radius 2 is 2.06 bits per heavy atom. The SMILES string of the molecule is CNCC(Cc1cnc(C)s1)c1ccc(F)cc1. The van der Waals surface area contributed by atoms with Crippen molar-refractivity contribution < 1.29 is 4.39 Å². The second-order valence-corrected chi connectivity index (χ2v) is 5.68. The quantitative estimate of drug-likeness (QED) is 0.897. The summed E-state index contributed by atoms with van der Waals surface area (Å²) in [6, 6.07) is 6.78. The number of nitrogens with one attached hydrogen (secondary N) is 1. The topological polar surface area (TPSA) is 24.9 Å². The van der Waals surface area contributed by atoms with E-state index in [9.17, 15) is 4.39 Å². The third kappa shape index (κ3) is 3.37. The lowest BCUT2D eigenvalue weighted by Gasteiger charge is -2.16. The van der Waals surface area contributed by atoms with Gasteiger partial charge in [0.1, 0.15) is 5.82 Å². The Labute approximate surface area is 111 Å². The van der Waals surface area contributed by atoms with Crippen molar-refractivity contribution in [3.63, 3.8) is 0 Å². The number of aryl methyl sites for hydroxylation is 1. The minimum absolute atomic E-state index is 0.185. The standard InChI is InChI=1S/C14H17FN2S/c1-10-17-9-14(18-10)7-12(8-16-2)11-3-5-13(15)6-4-11/h3-6,9,12,16H,7-8H2,1-2H3. The van der Waals surface area contributed by atoms with E-state index in [-0.39, 0.29) is 5.82 Å². The Balaban J connectivity index is 2.14. The fraction of sp³-hybridized carbons (Fsp3) is 0.357. The lowest BCUT2D eigenvalue weighted by molar-refractivity contribution is 0.613. The molecule has 0 saturated heterocycles. The molecule has 0 aliphatic heterocycles. The molecule has 1 atom stereocenters. The van der Waals surface area contributed by atoms with Gasteiger partial charge >= 0.3 is 0 Å². The summed E-state index contributed by atoms with van der Waals surface area (Å²) in [6.45, 7) is 2.89.